The number of imidazole rings is 2. The molecule has 4 aromatic carbocycles. The molecule has 75 heavy (non-hydrogen) atoms. The summed E-state index contributed by atoms with van der Waals surface area (Å²) in [6.07, 6.45) is -2.05. The van der Waals surface area contributed by atoms with Gasteiger partial charge in [-0.05, 0) is 83.3 Å². The number of ether oxygens (including phenoxy) is 4. The molecule has 10 rings (SSSR count). The normalized spacial score (nSPS) is 11.4. The molecule has 0 aliphatic heterocycles. The molecule has 0 aliphatic rings. The lowest BCUT2D eigenvalue weighted by molar-refractivity contribution is -0.0505. The monoisotopic (exact) mass is 1040 g/mol. The van der Waals surface area contributed by atoms with Gasteiger partial charge in [-0.15, -0.1) is 0 Å². The van der Waals surface area contributed by atoms with Crippen LogP contribution in [0.2, 0.25) is 0 Å². The van der Waals surface area contributed by atoms with Gasteiger partial charge in [0.25, 0.3) is 24.0 Å². The summed E-state index contributed by atoms with van der Waals surface area (Å²) in [7, 11) is 2.26. The van der Waals surface area contributed by atoms with E-state index in [2.05, 4.69) is 44.7 Å². The number of aromatic nitrogens is 10. The van der Waals surface area contributed by atoms with Crippen molar-refractivity contribution in [3.8, 4) is 51.2 Å². The first-order valence-electron chi connectivity index (χ1n) is 21.9. The van der Waals surface area contributed by atoms with Crippen LogP contribution < -0.4 is 35.5 Å². The van der Waals surface area contributed by atoms with Crippen LogP contribution in [0.25, 0.3) is 72.1 Å². The van der Waals surface area contributed by atoms with Crippen LogP contribution in [0.3, 0.4) is 0 Å². The molecule has 0 unspecified atom stereocenters. The number of aryl methyl sites for hydroxylation is 2. The van der Waals surface area contributed by atoms with Gasteiger partial charge in [0.2, 0.25) is 11.8 Å². The second-order valence-electron chi connectivity index (χ2n) is 15.8. The fourth-order valence-corrected chi connectivity index (χ4v) is 7.36. The van der Waals surface area contributed by atoms with Crippen LogP contribution in [0.15, 0.2) is 131 Å². The molecule has 386 valence electrons. The van der Waals surface area contributed by atoms with Crippen LogP contribution in [0.1, 0.15) is 0 Å². The summed E-state index contributed by atoms with van der Waals surface area (Å²) in [6.45, 7) is -7.69. The number of nitrogens with zero attached hydrogens (tertiary/aromatic N) is 9. The van der Waals surface area contributed by atoms with Crippen molar-refractivity contribution in [1.29, 1.82) is 0 Å². The minimum absolute atomic E-state index is 0.0764. The molecule has 0 saturated carbocycles. The molecule has 27 heteroatoms. The first-order valence-corrected chi connectivity index (χ1v) is 21.9. The second-order valence-corrected chi connectivity index (χ2v) is 15.8. The lowest BCUT2D eigenvalue weighted by Gasteiger charge is -2.13. The second kappa shape index (κ2) is 22.8. The van der Waals surface area contributed by atoms with E-state index in [1.807, 2.05) is 18.7 Å². The van der Waals surface area contributed by atoms with Crippen LogP contribution >= 0.6 is 0 Å². The van der Waals surface area contributed by atoms with E-state index >= 15 is 0 Å². The van der Waals surface area contributed by atoms with Gasteiger partial charge in [0, 0.05) is 26.2 Å². The maximum Gasteiger partial charge on any atom is 0.488 e. The number of halogens is 8. The van der Waals surface area contributed by atoms with Crippen molar-refractivity contribution < 1.29 is 64.1 Å². The molecular weight excluding hydrogens is 1010 g/mol. The van der Waals surface area contributed by atoms with Crippen LogP contribution in [-0.4, -0.2) is 106 Å². The average molecular weight is 1040 g/mol. The lowest BCUT2D eigenvalue weighted by Crippen LogP contribution is -2.29. The molecule has 3 N–H and O–H groups in total. The Labute approximate surface area is 416 Å². The van der Waals surface area contributed by atoms with Gasteiger partial charge in [0.1, 0.15) is 33.6 Å². The van der Waals surface area contributed by atoms with Gasteiger partial charge in [-0.2, -0.15) is 32.4 Å². The van der Waals surface area contributed by atoms with Crippen LogP contribution in [-0.2, 0) is 14.1 Å². The highest BCUT2D eigenvalue weighted by Gasteiger charge is 2.20. The third-order valence-corrected chi connectivity index (χ3v) is 10.7. The lowest BCUT2D eigenvalue weighted by atomic mass is 9.80. The van der Waals surface area contributed by atoms with Gasteiger partial charge >= 0.3 is 20.3 Å². The Morgan fingerprint density at radius 3 is 1.59 bits per heavy atom. The Balaban J connectivity index is 0.000000166. The molecular formula is C48H37BF8N10O8. The quantitative estimate of drug-likeness (QED) is 0.0734. The maximum atomic E-state index is 13.7. The van der Waals surface area contributed by atoms with Gasteiger partial charge in [0.15, 0.2) is 13.2 Å². The van der Waals surface area contributed by atoms with Crippen LogP contribution in [0.5, 0.6) is 23.3 Å². The number of rotatable bonds is 14. The zero-order chi connectivity index (χ0) is 53.5. The first kappa shape index (κ1) is 52.4. The molecule has 0 fully saturated rings. The third kappa shape index (κ3) is 12.5. The fourth-order valence-electron chi connectivity index (χ4n) is 7.36. The highest BCUT2D eigenvalue weighted by Crippen LogP contribution is 2.30. The maximum absolute atomic E-state index is 13.7. The number of H-pyrrole nitrogens is 1. The van der Waals surface area contributed by atoms with E-state index in [0.29, 0.717) is 27.8 Å². The van der Waals surface area contributed by atoms with Gasteiger partial charge in [-0.1, -0.05) is 30.3 Å². The van der Waals surface area contributed by atoms with E-state index in [-0.39, 0.29) is 50.9 Å². The molecule has 0 spiro atoms. The molecule has 10 aromatic rings. The predicted octanol–water partition coefficient (Wildman–Crippen LogP) is 7.06. The number of pyridine rings is 2. The molecule has 0 atom stereocenters. The summed E-state index contributed by atoms with van der Waals surface area (Å²) in [5.41, 5.74) is 4.72. The largest absolute Gasteiger partial charge is 0.488 e. The molecule has 6 aromatic heterocycles. The van der Waals surface area contributed by atoms with Crippen molar-refractivity contribution in [2.75, 3.05) is 13.2 Å². The highest BCUT2D eigenvalue weighted by atomic mass is 19.3. The van der Waals surface area contributed by atoms with Gasteiger partial charge < -0.3 is 38.1 Å². The van der Waals surface area contributed by atoms with Gasteiger partial charge in [-0.3, -0.25) is 9.59 Å². The molecule has 0 saturated heterocycles. The summed E-state index contributed by atoms with van der Waals surface area (Å²) < 4.78 is 123. The number of fused-ring (bicyclic) bond motifs is 4. The number of aromatic amines is 1. The van der Waals surface area contributed by atoms with E-state index in [1.54, 1.807) is 53.6 Å². The molecule has 0 radical (unpaired) electrons. The van der Waals surface area contributed by atoms with E-state index in [4.69, 9.17) is 19.5 Å². The fraction of sp³-hybridized carbons (Fsp3) is 0.167. The molecule has 0 aliphatic carbocycles. The van der Waals surface area contributed by atoms with Crippen molar-refractivity contribution in [2.24, 2.45) is 14.1 Å². The smallest absolute Gasteiger partial charge is 0.472 e. The van der Waals surface area contributed by atoms with E-state index in [1.165, 1.54) is 77.5 Å². The summed E-state index contributed by atoms with van der Waals surface area (Å²) in [5, 5.41) is 28.4. The number of hydrogen-bond acceptors (Lipinski definition) is 14. The zero-order valence-corrected chi connectivity index (χ0v) is 38.7. The molecule has 0 amide bonds. The van der Waals surface area contributed by atoms with Gasteiger partial charge in [0.05, 0.1) is 51.5 Å². The first-order chi connectivity index (χ1) is 35.9. The van der Waals surface area contributed by atoms with Crippen molar-refractivity contribution in [3.63, 3.8) is 0 Å². The summed E-state index contributed by atoms with van der Waals surface area (Å²) in [4.78, 5) is 42.6. The summed E-state index contributed by atoms with van der Waals surface area (Å²) >= 11 is 0. The average Bonchev–Trinajstić information content (AvgIpc) is 3.96. The Bertz CT molecular complexity index is 3730. The Morgan fingerprint density at radius 2 is 1.07 bits per heavy atom. The minimum Gasteiger partial charge on any atom is -0.472 e. The Kier molecular flexibility index (Phi) is 15.9. The number of nitrogens with one attached hydrogen (secondary N) is 1. The van der Waals surface area contributed by atoms with Crippen molar-refractivity contribution >= 4 is 56.7 Å². The van der Waals surface area contributed by atoms with Gasteiger partial charge in [-0.25, -0.2) is 42.6 Å². The Hall–Kier alpha value is -8.98. The standard InChI is InChI=1S/C24H17F4N5O3.C16H11F4N3O3.C8H9BN2O2/c1-32-12-29-16-7-4-14(10-18(16)32)33-23(34)21(13-2-5-15(6-3-13)36-24(27)28)22-17(31-33)8-9-20(30-22)35-11-19(25)26;17-11(18)7-25-12-6-5-10-14(21-12)13(15(24)23-22-10)8-1-3-9(4-2-8)26-16(19)20;1-11-5-10-7-3-2-6(9(12)13)4-8(7)11/h2-10,12,19,24H,11H2,1H3;1-6,11,16H,7H2,(H,23,24);2-5,12-13H,1H3. The third-order valence-electron chi connectivity index (χ3n) is 10.7. The van der Waals surface area contributed by atoms with E-state index in [0.717, 1.165) is 22.1 Å². The van der Waals surface area contributed by atoms with Crippen LogP contribution in [0, 0.1) is 0 Å². The Morgan fingerprint density at radius 1 is 0.587 bits per heavy atom. The van der Waals surface area contributed by atoms with E-state index < -0.39 is 57.5 Å². The summed E-state index contributed by atoms with van der Waals surface area (Å²) in [6, 6.07) is 26.8. The molecule has 0 bridgehead atoms. The summed E-state index contributed by atoms with van der Waals surface area (Å²) in [5.74, 6) is -0.378. The number of alkyl halides is 8. The minimum atomic E-state index is -3.01. The molecule has 6 heterocycles. The topological polar surface area (TPSA) is 219 Å². The number of hydrogen-bond donors (Lipinski definition) is 3. The SMILES string of the molecule is Cn1cnc2ccc(-n3nc4ccc(OCC(F)F)nc4c(-c4ccc(OC(F)F)cc4)c3=O)cc21.Cn1cnc2ccc(B(O)O)cc21.O=c1[nH]nc2ccc(OCC(F)F)nc2c1-c1ccc(OC(F)F)cc1. The predicted molar refractivity (Wildman–Crippen MR) is 257 cm³/mol. The van der Waals surface area contributed by atoms with Crippen molar-refractivity contribution in [3.05, 3.63) is 143 Å². The van der Waals surface area contributed by atoms with E-state index in [9.17, 15) is 44.7 Å². The van der Waals surface area contributed by atoms with Crippen LogP contribution in [0.4, 0.5) is 35.1 Å². The number of benzene rings is 4. The molecule has 18 nitrogen and oxygen atoms in total. The van der Waals surface area contributed by atoms with Crippen molar-refractivity contribution in [1.82, 2.24) is 49.0 Å². The van der Waals surface area contributed by atoms with Crippen molar-refractivity contribution in [2.45, 2.75) is 26.1 Å². The zero-order valence-electron chi connectivity index (χ0n) is 38.7. The highest BCUT2D eigenvalue weighted by molar-refractivity contribution is 6.58.